The minimum absolute atomic E-state index is 0.0495. The predicted octanol–water partition coefficient (Wildman–Crippen LogP) is 6.70. The summed E-state index contributed by atoms with van der Waals surface area (Å²) in [6.45, 7) is 4.93. The lowest BCUT2D eigenvalue weighted by molar-refractivity contribution is 0.0987. The molecule has 11 heteroatoms. The van der Waals surface area contributed by atoms with E-state index in [4.69, 9.17) is 4.74 Å². The number of ether oxygens (including phenoxy) is 1. The van der Waals surface area contributed by atoms with E-state index >= 15 is 0 Å². The largest absolute Gasteiger partial charge is 0.494 e. The van der Waals surface area contributed by atoms with Crippen LogP contribution in [-0.4, -0.2) is 49.0 Å². The Balaban J connectivity index is 1.46. The van der Waals surface area contributed by atoms with Crippen molar-refractivity contribution in [1.82, 2.24) is 9.29 Å². The molecule has 40 heavy (non-hydrogen) atoms. The van der Waals surface area contributed by atoms with Crippen molar-refractivity contribution in [2.24, 2.45) is 5.10 Å². The maximum absolute atomic E-state index is 13.8. The minimum Gasteiger partial charge on any atom is -0.494 e. The molecule has 4 aromatic rings. The number of nitrogens with zero attached hydrogens (tertiary/aromatic N) is 4. The molecule has 1 saturated heterocycles. The van der Waals surface area contributed by atoms with Gasteiger partial charge in [0.15, 0.2) is 0 Å². The monoisotopic (exact) mass is 640 g/mol. The van der Waals surface area contributed by atoms with E-state index in [9.17, 15) is 13.2 Å². The van der Waals surface area contributed by atoms with Gasteiger partial charge >= 0.3 is 0 Å². The number of aromatic nitrogens is 1. The Labute approximate surface area is 246 Å². The molecule has 1 aliphatic heterocycles. The van der Waals surface area contributed by atoms with Gasteiger partial charge in [-0.3, -0.25) is 4.79 Å². The van der Waals surface area contributed by atoms with Gasteiger partial charge in [-0.25, -0.2) is 13.4 Å². The summed E-state index contributed by atoms with van der Waals surface area (Å²) < 4.78 is 35.4. The summed E-state index contributed by atoms with van der Waals surface area (Å²) in [5.74, 6) is 0.328. The fourth-order valence-corrected chi connectivity index (χ4v) is 7.74. The molecule has 0 bridgehead atoms. The lowest BCUT2D eigenvalue weighted by Crippen LogP contribution is -2.41. The van der Waals surface area contributed by atoms with Gasteiger partial charge in [0.1, 0.15) is 5.75 Å². The number of anilines is 1. The van der Waals surface area contributed by atoms with E-state index in [-0.39, 0.29) is 10.9 Å². The van der Waals surface area contributed by atoms with Gasteiger partial charge in [-0.15, -0.1) is 0 Å². The molecule has 1 amide bonds. The molecular weight excluding hydrogens is 612 g/mol. The molecule has 1 aliphatic rings. The number of hydrogen-bond donors (Lipinski definition) is 0. The van der Waals surface area contributed by atoms with Crippen LogP contribution < -0.4 is 9.75 Å². The van der Waals surface area contributed by atoms with Gasteiger partial charge in [0.25, 0.3) is 5.91 Å². The number of rotatable bonds is 8. The Hall–Kier alpha value is -3.12. The Morgan fingerprint density at radius 3 is 2.60 bits per heavy atom. The molecule has 0 spiro atoms. The number of benzene rings is 3. The Bertz CT molecular complexity index is 1640. The highest BCUT2D eigenvalue weighted by Gasteiger charge is 2.31. The Morgan fingerprint density at radius 1 is 1.15 bits per heavy atom. The summed E-state index contributed by atoms with van der Waals surface area (Å²) in [5.41, 5.74) is 1.83. The van der Waals surface area contributed by atoms with E-state index in [1.165, 1.54) is 40.6 Å². The summed E-state index contributed by atoms with van der Waals surface area (Å²) in [6, 6.07) is 19.1. The second-order valence-corrected chi connectivity index (χ2v) is 13.3. The first-order valence-electron chi connectivity index (χ1n) is 13.1. The van der Waals surface area contributed by atoms with E-state index in [2.05, 4.69) is 26.0 Å². The van der Waals surface area contributed by atoms with Gasteiger partial charge in [0, 0.05) is 22.6 Å². The first-order chi connectivity index (χ1) is 19.3. The van der Waals surface area contributed by atoms with Gasteiger partial charge in [0.05, 0.1) is 27.9 Å². The third-order valence-electron chi connectivity index (χ3n) is 6.68. The number of carbonyl (C=O) groups excluding carboxylic acids is 1. The van der Waals surface area contributed by atoms with Crippen LogP contribution in [0.1, 0.15) is 49.0 Å². The molecule has 0 N–H and O–H groups in total. The predicted molar refractivity (Wildman–Crippen MR) is 163 cm³/mol. The fourth-order valence-electron chi connectivity index (χ4n) is 4.56. The van der Waals surface area contributed by atoms with E-state index in [0.29, 0.717) is 23.8 Å². The number of sulfonamides is 1. The summed E-state index contributed by atoms with van der Waals surface area (Å²) in [6.07, 6.45) is 4.30. The number of thiazole rings is 1. The molecule has 3 aromatic carbocycles. The molecule has 8 nitrogen and oxygen atoms in total. The smallest absolute Gasteiger partial charge is 0.280 e. The molecule has 5 rings (SSSR count). The van der Waals surface area contributed by atoms with Crippen LogP contribution in [0.25, 0.3) is 10.2 Å². The van der Waals surface area contributed by atoms with Crippen molar-refractivity contribution >= 4 is 64.8 Å². The van der Waals surface area contributed by atoms with Crippen molar-refractivity contribution in [1.29, 1.82) is 0 Å². The number of halogens is 1. The van der Waals surface area contributed by atoms with Crippen molar-refractivity contribution in [2.45, 2.75) is 44.0 Å². The molecule has 2 heterocycles. The normalized spacial score (nSPS) is 16.4. The molecule has 1 unspecified atom stereocenters. The second-order valence-electron chi connectivity index (χ2n) is 9.46. The number of amides is 1. The molecule has 0 aliphatic carbocycles. The van der Waals surface area contributed by atoms with Crippen LogP contribution in [0.15, 0.2) is 81.2 Å². The highest BCUT2D eigenvalue weighted by molar-refractivity contribution is 9.10. The summed E-state index contributed by atoms with van der Waals surface area (Å²) >= 11 is 4.82. The van der Waals surface area contributed by atoms with Crippen molar-refractivity contribution in [3.8, 4) is 5.75 Å². The van der Waals surface area contributed by atoms with Crippen LogP contribution in [0.3, 0.4) is 0 Å². The zero-order chi connectivity index (χ0) is 28.3. The Kier molecular flexibility index (Phi) is 8.65. The summed E-state index contributed by atoms with van der Waals surface area (Å²) in [7, 11) is -3.65. The summed E-state index contributed by atoms with van der Waals surface area (Å²) in [5, 5.41) is 6.17. The molecule has 208 valence electrons. The van der Waals surface area contributed by atoms with Crippen molar-refractivity contribution in [3.63, 3.8) is 0 Å². The SMILES string of the molecule is CCOc1ccc(/C=N/N(C(=O)c2ccc(S(=O)(=O)N3CCCCC3C)cc2)c2nc3ccc(Br)cc3s2)cc1. The van der Waals surface area contributed by atoms with Gasteiger partial charge in [-0.1, -0.05) is 33.7 Å². The van der Waals surface area contributed by atoms with Crippen molar-refractivity contribution in [3.05, 3.63) is 82.3 Å². The van der Waals surface area contributed by atoms with E-state index in [1.807, 2.05) is 56.3 Å². The number of hydrogen-bond acceptors (Lipinski definition) is 7. The minimum atomic E-state index is -3.65. The van der Waals surface area contributed by atoms with Crippen LogP contribution in [0.2, 0.25) is 0 Å². The lowest BCUT2D eigenvalue weighted by Gasteiger charge is -2.32. The van der Waals surface area contributed by atoms with E-state index in [0.717, 1.165) is 45.3 Å². The molecule has 1 aromatic heterocycles. The zero-order valence-corrected chi connectivity index (χ0v) is 25.4. The highest BCUT2D eigenvalue weighted by atomic mass is 79.9. The Morgan fingerprint density at radius 2 is 1.90 bits per heavy atom. The highest BCUT2D eigenvalue weighted by Crippen LogP contribution is 2.32. The first-order valence-corrected chi connectivity index (χ1v) is 16.1. The molecular formula is C29H29BrN4O4S2. The van der Waals surface area contributed by atoms with Crippen LogP contribution in [0, 0.1) is 0 Å². The molecule has 1 fully saturated rings. The number of piperidine rings is 1. The number of hydrazone groups is 1. The third-order valence-corrected chi connectivity index (χ3v) is 10.2. The maximum Gasteiger partial charge on any atom is 0.280 e. The van der Waals surface area contributed by atoms with Crippen LogP contribution >= 0.6 is 27.3 Å². The summed E-state index contributed by atoms with van der Waals surface area (Å²) in [4.78, 5) is 18.6. The average Bonchev–Trinajstić information content (AvgIpc) is 3.37. The fraction of sp³-hybridized carbons (Fsp3) is 0.276. The third kappa shape index (κ3) is 6.12. The van der Waals surface area contributed by atoms with Crippen LogP contribution in [0.5, 0.6) is 5.75 Å². The van der Waals surface area contributed by atoms with Gasteiger partial charge in [-0.05, 0) is 99.0 Å². The second kappa shape index (κ2) is 12.2. The molecule has 1 atom stereocenters. The number of fused-ring (bicyclic) bond motifs is 1. The van der Waals surface area contributed by atoms with Gasteiger partial charge in [-0.2, -0.15) is 14.4 Å². The lowest BCUT2D eigenvalue weighted by atomic mass is 10.1. The molecule has 0 saturated carbocycles. The molecule has 0 radical (unpaired) electrons. The standard InChI is InChI=1S/C29H29BrN4O4S2/c1-3-38-24-12-7-21(8-13-24)19-31-34(29-32-26-16-11-23(30)18-27(26)39-29)28(35)22-9-14-25(15-10-22)40(36,37)33-17-5-4-6-20(33)2/h7-16,18-20H,3-6,17H2,1-2H3/b31-19+. The zero-order valence-electron chi connectivity index (χ0n) is 22.2. The van der Waals surface area contributed by atoms with E-state index in [1.54, 1.807) is 10.5 Å². The van der Waals surface area contributed by atoms with Crippen LogP contribution in [0.4, 0.5) is 5.13 Å². The number of carbonyl (C=O) groups is 1. The van der Waals surface area contributed by atoms with Gasteiger partial charge < -0.3 is 4.74 Å². The van der Waals surface area contributed by atoms with Gasteiger partial charge in [0.2, 0.25) is 15.2 Å². The average molecular weight is 642 g/mol. The van der Waals surface area contributed by atoms with E-state index < -0.39 is 15.9 Å². The quantitative estimate of drug-likeness (QED) is 0.158. The topological polar surface area (TPSA) is 92.2 Å². The maximum atomic E-state index is 13.8. The van der Waals surface area contributed by atoms with Crippen molar-refractivity contribution < 1.29 is 17.9 Å². The van der Waals surface area contributed by atoms with Crippen LogP contribution in [-0.2, 0) is 10.0 Å². The first kappa shape index (κ1) is 28.4. The van der Waals surface area contributed by atoms with Crippen molar-refractivity contribution in [2.75, 3.05) is 18.2 Å².